The second kappa shape index (κ2) is 7.73. The van der Waals surface area contributed by atoms with E-state index in [1.807, 2.05) is 18.2 Å². The minimum atomic E-state index is -0.970. The molecule has 112 valence electrons. The summed E-state index contributed by atoms with van der Waals surface area (Å²) in [7, 11) is 0. The van der Waals surface area contributed by atoms with Crippen molar-refractivity contribution in [3.05, 3.63) is 71.6 Å². The van der Waals surface area contributed by atoms with Crippen molar-refractivity contribution in [3.8, 4) is 0 Å². The Morgan fingerprint density at radius 3 is 2.55 bits per heavy atom. The number of nitrogens with one attached hydrogen (secondary N) is 1. The highest BCUT2D eigenvalue weighted by molar-refractivity contribution is 5.92. The average molecular weight is 296 g/mol. The van der Waals surface area contributed by atoms with E-state index in [0.29, 0.717) is 13.0 Å². The van der Waals surface area contributed by atoms with Gasteiger partial charge in [0.15, 0.2) is 0 Å². The van der Waals surface area contributed by atoms with Crippen LogP contribution in [0.4, 0.5) is 0 Å². The van der Waals surface area contributed by atoms with Crippen molar-refractivity contribution >= 4 is 18.0 Å². The number of carboxylic acid groups (broad SMARTS) is 1. The van der Waals surface area contributed by atoms with Gasteiger partial charge < -0.3 is 10.4 Å². The standard InChI is InChI=1S/C17H16N2O3/c20-16(19-12-10-15-3-1-2-11-18-15)9-6-13-4-7-14(8-5-13)17(21)22/h1-9,11H,10,12H2,(H,19,20)(H,21,22)/b9-6+. The third-order valence-corrected chi connectivity index (χ3v) is 2.99. The van der Waals surface area contributed by atoms with Crippen LogP contribution >= 0.6 is 0 Å². The summed E-state index contributed by atoms with van der Waals surface area (Å²) in [6.07, 6.45) is 5.46. The SMILES string of the molecule is O=C(/C=C/c1ccc(C(=O)O)cc1)NCCc1ccccn1. The van der Waals surface area contributed by atoms with E-state index >= 15 is 0 Å². The van der Waals surface area contributed by atoms with Crippen LogP contribution in [0.3, 0.4) is 0 Å². The summed E-state index contributed by atoms with van der Waals surface area (Å²) < 4.78 is 0. The molecule has 5 heteroatoms. The van der Waals surface area contributed by atoms with Gasteiger partial charge in [0.1, 0.15) is 0 Å². The monoisotopic (exact) mass is 296 g/mol. The first kappa shape index (κ1) is 15.4. The third kappa shape index (κ3) is 4.86. The molecule has 0 unspecified atom stereocenters. The smallest absolute Gasteiger partial charge is 0.335 e. The molecule has 0 saturated heterocycles. The number of hydrogen-bond donors (Lipinski definition) is 2. The normalized spacial score (nSPS) is 10.5. The molecule has 0 spiro atoms. The maximum absolute atomic E-state index is 11.7. The summed E-state index contributed by atoms with van der Waals surface area (Å²) in [5.74, 6) is -1.17. The maximum atomic E-state index is 11.7. The number of aromatic carboxylic acids is 1. The lowest BCUT2D eigenvalue weighted by atomic mass is 10.1. The van der Waals surface area contributed by atoms with Crippen LogP contribution in [0.15, 0.2) is 54.7 Å². The lowest BCUT2D eigenvalue weighted by Gasteiger charge is -2.01. The fraction of sp³-hybridized carbons (Fsp3) is 0.118. The Hall–Kier alpha value is -2.95. The van der Waals surface area contributed by atoms with E-state index in [4.69, 9.17) is 5.11 Å². The number of hydrogen-bond acceptors (Lipinski definition) is 3. The number of carboxylic acids is 1. The second-order valence-electron chi connectivity index (χ2n) is 4.62. The van der Waals surface area contributed by atoms with Crippen LogP contribution in [0.25, 0.3) is 6.08 Å². The Morgan fingerprint density at radius 2 is 1.91 bits per heavy atom. The van der Waals surface area contributed by atoms with E-state index in [1.54, 1.807) is 24.4 Å². The number of carbonyl (C=O) groups excluding carboxylic acids is 1. The van der Waals surface area contributed by atoms with Crippen molar-refractivity contribution in [1.82, 2.24) is 10.3 Å². The molecule has 0 fully saturated rings. The zero-order valence-corrected chi connectivity index (χ0v) is 11.9. The lowest BCUT2D eigenvalue weighted by molar-refractivity contribution is -0.116. The van der Waals surface area contributed by atoms with Crippen molar-refractivity contribution in [2.75, 3.05) is 6.54 Å². The van der Waals surface area contributed by atoms with Gasteiger partial charge in [0.05, 0.1) is 5.56 Å². The molecule has 0 bridgehead atoms. The van der Waals surface area contributed by atoms with Gasteiger partial charge in [0.25, 0.3) is 0 Å². The molecule has 0 saturated carbocycles. The van der Waals surface area contributed by atoms with Crippen molar-refractivity contribution in [2.45, 2.75) is 6.42 Å². The first-order valence-corrected chi connectivity index (χ1v) is 6.84. The van der Waals surface area contributed by atoms with E-state index in [0.717, 1.165) is 11.3 Å². The topological polar surface area (TPSA) is 79.3 Å². The molecule has 0 aliphatic heterocycles. The Bertz CT molecular complexity index is 664. The van der Waals surface area contributed by atoms with Crippen molar-refractivity contribution in [1.29, 1.82) is 0 Å². The fourth-order valence-electron chi connectivity index (χ4n) is 1.83. The molecule has 1 aromatic heterocycles. The van der Waals surface area contributed by atoms with Gasteiger partial charge in [-0.25, -0.2) is 4.79 Å². The van der Waals surface area contributed by atoms with Gasteiger partial charge in [0, 0.05) is 30.9 Å². The van der Waals surface area contributed by atoms with Gasteiger partial charge in [0.2, 0.25) is 5.91 Å². The molecule has 2 rings (SSSR count). The van der Waals surface area contributed by atoms with Crippen molar-refractivity contribution in [3.63, 3.8) is 0 Å². The largest absolute Gasteiger partial charge is 0.478 e. The highest BCUT2D eigenvalue weighted by Crippen LogP contribution is 2.06. The van der Waals surface area contributed by atoms with Crippen LogP contribution in [0.2, 0.25) is 0 Å². The van der Waals surface area contributed by atoms with Gasteiger partial charge in [-0.3, -0.25) is 9.78 Å². The Labute approximate surface area is 128 Å². The minimum absolute atomic E-state index is 0.196. The molecular weight excluding hydrogens is 280 g/mol. The van der Waals surface area contributed by atoms with E-state index in [-0.39, 0.29) is 11.5 Å². The predicted octanol–water partition coefficient (Wildman–Crippen LogP) is 2.15. The fourth-order valence-corrected chi connectivity index (χ4v) is 1.83. The summed E-state index contributed by atoms with van der Waals surface area (Å²) in [6.45, 7) is 0.512. The first-order valence-electron chi connectivity index (χ1n) is 6.84. The Kier molecular flexibility index (Phi) is 5.43. The van der Waals surface area contributed by atoms with Crippen LogP contribution in [-0.2, 0) is 11.2 Å². The predicted molar refractivity (Wildman–Crippen MR) is 83.4 cm³/mol. The molecule has 0 radical (unpaired) electrons. The van der Waals surface area contributed by atoms with Crippen LogP contribution in [0, 0.1) is 0 Å². The molecule has 0 atom stereocenters. The molecular formula is C17H16N2O3. The highest BCUT2D eigenvalue weighted by Gasteiger charge is 2.01. The van der Waals surface area contributed by atoms with E-state index in [9.17, 15) is 9.59 Å². The Balaban J connectivity index is 1.80. The van der Waals surface area contributed by atoms with Crippen molar-refractivity contribution < 1.29 is 14.7 Å². The second-order valence-corrected chi connectivity index (χ2v) is 4.62. The highest BCUT2D eigenvalue weighted by atomic mass is 16.4. The Morgan fingerprint density at radius 1 is 1.14 bits per heavy atom. The third-order valence-electron chi connectivity index (χ3n) is 2.99. The lowest BCUT2D eigenvalue weighted by Crippen LogP contribution is -2.23. The van der Waals surface area contributed by atoms with Crippen LogP contribution in [0.1, 0.15) is 21.6 Å². The molecule has 1 heterocycles. The van der Waals surface area contributed by atoms with Gasteiger partial charge in [-0.15, -0.1) is 0 Å². The van der Waals surface area contributed by atoms with Crippen molar-refractivity contribution in [2.24, 2.45) is 0 Å². The molecule has 1 aromatic carbocycles. The minimum Gasteiger partial charge on any atom is -0.478 e. The number of amides is 1. The number of pyridine rings is 1. The number of benzene rings is 1. The van der Waals surface area contributed by atoms with Gasteiger partial charge in [-0.2, -0.15) is 0 Å². The van der Waals surface area contributed by atoms with E-state index in [2.05, 4.69) is 10.3 Å². The zero-order chi connectivity index (χ0) is 15.8. The first-order chi connectivity index (χ1) is 10.6. The quantitative estimate of drug-likeness (QED) is 0.801. The van der Waals surface area contributed by atoms with Crippen LogP contribution < -0.4 is 5.32 Å². The van der Waals surface area contributed by atoms with Gasteiger partial charge in [-0.1, -0.05) is 18.2 Å². The number of rotatable bonds is 6. The molecule has 0 aliphatic rings. The summed E-state index contributed by atoms with van der Waals surface area (Å²) in [4.78, 5) is 26.6. The molecule has 1 amide bonds. The number of nitrogens with zero attached hydrogens (tertiary/aromatic N) is 1. The molecule has 22 heavy (non-hydrogen) atoms. The number of carbonyl (C=O) groups is 2. The summed E-state index contributed by atoms with van der Waals surface area (Å²) in [5, 5.41) is 11.6. The van der Waals surface area contributed by atoms with E-state index < -0.39 is 5.97 Å². The summed E-state index contributed by atoms with van der Waals surface area (Å²) in [5.41, 5.74) is 1.91. The summed E-state index contributed by atoms with van der Waals surface area (Å²) in [6, 6.07) is 12.0. The van der Waals surface area contributed by atoms with Crippen LogP contribution in [0.5, 0.6) is 0 Å². The maximum Gasteiger partial charge on any atom is 0.335 e. The zero-order valence-electron chi connectivity index (χ0n) is 11.9. The average Bonchev–Trinajstić information content (AvgIpc) is 2.54. The molecule has 2 aromatic rings. The van der Waals surface area contributed by atoms with Crippen LogP contribution in [-0.4, -0.2) is 28.5 Å². The van der Waals surface area contributed by atoms with Gasteiger partial charge >= 0.3 is 5.97 Å². The molecule has 0 aliphatic carbocycles. The summed E-state index contributed by atoms with van der Waals surface area (Å²) >= 11 is 0. The molecule has 2 N–H and O–H groups in total. The van der Waals surface area contributed by atoms with Gasteiger partial charge in [-0.05, 0) is 35.9 Å². The van der Waals surface area contributed by atoms with E-state index in [1.165, 1.54) is 18.2 Å². The molecule has 5 nitrogen and oxygen atoms in total. The number of aromatic nitrogens is 1.